The zero-order valence-corrected chi connectivity index (χ0v) is 11.6. The molecule has 0 saturated heterocycles. The van der Waals surface area contributed by atoms with E-state index in [0.29, 0.717) is 11.3 Å². The first kappa shape index (κ1) is 15.0. The second kappa shape index (κ2) is 5.73. The first-order valence-corrected chi connectivity index (χ1v) is 5.89. The molecule has 0 unspecified atom stereocenters. The fraction of sp³-hybridized carbons (Fsp3) is 0.429. The largest absolute Gasteiger partial charge is 0.469 e. The number of carbonyl (C=O) groups excluding carboxylic acids is 2. The van der Waals surface area contributed by atoms with Gasteiger partial charge < -0.3 is 15.2 Å². The van der Waals surface area contributed by atoms with Gasteiger partial charge in [-0.15, -0.1) is 0 Å². The van der Waals surface area contributed by atoms with Crippen LogP contribution in [0.5, 0.6) is 0 Å². The fourth-order valence-electron chi connectivity index (χ4n) is 1.52. The van der Waals surface area contributed by atoms with Crippen LogP contribution in [0.25, 0.3) is 0 Å². The maximum absolute atomic E-state index is 11.9. The molecule has 1 rings (SSSR count). The lowest BCUT2D eigenvalue weighted by Crippen LogP contribution is -2.32. The van der Waals surface area contributed by atoms with Crippen molar-refractivity contribution in [3.63, 3.8) is 0 Å². The Morgan fingerprint density at radius 3 is 2.53 bits per heavy atom. The molecule has 5 nitrogen and oxygen atoms in total. The molecule has 104 valence electrons. The maximum atomic E-state index is 11.9. The average molecular weight is 265 g/mol. The first-order chi connectivity index (χ1) is 8.77. The smallest absolute Gasteiger partial charge is 0.338 e. The van der Waals surface area contributed by atoms with E-state index in [2.05, 4.69) is 4.74 Å². The van der Waals surface area contributed by atoms with Crippen molar-refractivity contribution in [1.82, 2.24) is 0 Å². The number of hydrogen-bond donors (Lipinski definition) is 1. The number of rotatable bonds is 4. The maximum Gasteiger partial charge on any atom is 0.338 e. The highest BCUT2D eigenvalue weighted by Crippen LogP contribution is 2.20. The van der Waals surface area contributed by atoms with Gasteiger partial charge in [0.15, 0.2) is 0 Å². The third-order valence-corrected chi connectivity index (χ3v) is 2.78. The van der Waals surface area contributed by atoms with Crippen molar-refractivity contribution in [1.29, 1.82) is 0 Å². The third kappa shape index (κ3) is 3.71. The Bertz CT molecular complexity index is 494. The van der Waals surface area contributed by atoms with Crippen molar-refractivity contribution in [2.75, 3.05) is 19.5 Å². The van der Waals surface area contributed by atoms with Gasteiger partial charge in [0.05, 0.1) is 18.1 Å². The molecule has 0 atom stereocenters. The van der Waals surface area contributed by atoms with E-state index in [1.54, 1.807) is 39.0 Å². The highest BCUT2D eigenvalue weighted by molar-refractivity contribution is 5.92. The quantitative estimate of drug-likeness (QED) is 0.664. The summed E-state index contributed by atoms with van der Waals surface area (Å²) in [5.74, 6) is -0.925. The molecule has 2 N–H and O–H groups in total. The summed E-state index contributed by atoms with van der Waals surface area (Å²) in [5.41, 5.74) is 6.43. The van der Waals surface area contributed by atoms with Crippen LogP contribution in [-0.2, 0) is 14.3 Å². The van der Waals surface area contributed by atoms with Crippen molar-refractivity contribution in [3.05, 3.63) is 29.3 Å². The summed E-state index contributed by atoms with van der Waals surface area (Å²) in [6.45, 7) is 5.05. The average Bonchev–Trinajstić information content (AvgIpc) is 2.37. The van der Waals surface area contributed by atoms with Gasteiger partial charge in [-0.25, -0.2) is 4.79 Å². The number of nitrogen functional groups attached to an aromatic ring is 1. The number of benzene rings is 1. The second-order valence-electron chi connectivity index (χ2n) is 5.03. The van der Waals surface area contributed by atoms with E-state index in [0.717, 1.165) is 5.56 Å². The highest BCUT2D eigenvalue weighted by atomic mass is 16.5. The number of aryl methyl sites for hydroxylation is 1. The summed E-state index contributed by atoms with van der Waals surface area (Å²) in [6.07, 6.45) is 0. The van der Waals surface area contributed by atoms with E-state index in [4.69, 9.17) is 10.5 Å². The Balaban J connectivity index is 2.76. The van der Waals surface area contributed by atoms with Crippen LogP contribution in [0.1, 0.15) is 29.8 Å². The SMILES string of the molecule is COC(=O)C(C)(C)COC(=O)c1cc(N)ccc1C. The van der Waals surface area contributed by atoms with Crippen molar-refractivity contribution >= 4 is 17.6 Å². The van der Waals surface area contributed by atoms with E-state index in [1.807, 2.05) is 0 Å². The van der Waals surface area contributed by atoms with Crippen LogP contribution in [-0.4, -0.2) is 25.7 Å². The number of anilines is 1. The monoisotopic (exact) mass is 265 g/mol. The predicted octanol–water partition coefficient (Wildman–Crippen LogP) is 1.93. The van der Waals surface area contributed by atoms with Crippen molar-refractivity contribution in [2.24, 2.45) is 5.41 Å². The van der Waals surface area contributed by atoms with Gasteiger partial charge in [0.1, 0.15) is 6.61 Å². The molecule has 0 bridgehead atoms. The van der Waals surface area contributed by atoms with Crippen molar-refractivity contribution < 1.29 is 19.1 Å². The summed E-state index contributed by atoms with van der Waals surface area (Å²) in [5, 5.41) is 0. The topological polar surface area (TPSA) is 78.6 Å². The highest BCUT2D eigenvalue weighted by Gasteiger charge is 2.30. The molecule has 0 spiro atoms. The molecular weight excluding hydrogens is 246 g/mol. The standard InChI is InChI=1S/C14H19NO4/c1-9-5-6-10(15)7-11(9)12(16)19-8-14(2,3)13(17)18-4/h5-7H,8,15H2,1-4H3. The van der Waals surface area contributed by atoms with Gasteiger partial charge in [0.2, 0.25) is 0 Å². The number of nitrogens with two attached hydrogens (primary N) is 1. The number of carbonyl (C=O) groups is 2. The molecular formula is C14H19NO4. The molecule has 0 fully saturated rings. The molecule has 0 aliphatic rings. The van der Waals surface area contributed by atoms with Gasteiger partial charge in [-0.3, -0.25) is 4.79 Å². The van der Waals surface area contributed by atoms with Crippen LogP contribution in [0.4, 0.5) is 5.69 Å². The fourth-order valence-corrected chi connectivity index (χ4v) is 1.52. The lowest BCUT2D eigenvalue weighted by atomic mass is 9.95. The van der Waals surface area contributed by atoms with E-state index >= 15 is 0 Å². The van der Waals surface area contributed by atoms with Crippen LogP contribution in [0.2, 0.25) is 0 Å². The molecule has 0 aromatic heterocycles. The minimum Gasteiger partial charge on any atom is -0.469 e. The summed E-state index contributed by atoms with van der Waals surface area (Å²) < 4.78 is 9.80. The zero-order valence-electron chi connectivity index (χ0n) is 11.6. The third-order valence-electron chi connectivity index (χ3n) is 2.78. The van der Waals surface area contributed by atoms with Crippen LogP contribution < -0.4 is 5.73 Å². The minimum absolute atomic E-state index is 0.0489. The van der Waals surface area contributed by atoms with Crippen LogP contribution in [0.3, 0.4) is 0 Å². The number of hydrogen-bond acceptors (Lipinski definition) is 5. The van der Waals surface area contributed by atoms with Crippen LogP contribution in [0.15, 0.2) is 18.2 Å². The van der Waals surface area contributed by atoms with Gasteiger partial charge >= 0.3 is 11.9 Å². The van der Waals surface area contributed by atoms with Crippen molar-refractivity contribution in [2.45, 2.75) is 20.8 Å². The van der Waals surface area contributed by atoms with E-state index in [-0.39, 0.29) is 6.61 Å². The molecule has 0 heterocycles. The van der Waals surface area contributed by atoms with E-state index < -0.39 is 17.4 Å². The summed E-state index contributed by atoms with van der Waals surface area (Å²) in [7, 11) is 1.30. The van der Waals surface area contributed by atoms with Gasteiger partial charge in [0, 0.05) is 5.69 Å². The Morgan fingerprint density at radius 1 is 1.32 bits per heavy atom. The summed E-state index contributed by atoms with van der Waals surface area (Å²) >= 11 is 0. The number of esters is 2. The molecule has 19 heavy (non-hydrogen) atoms. The van der Waals surface area contributed by atoms with Crippen LogP contribution >= 0.6 is 0 Å². The Hall–Kier alpha value is -2.04. The molecule has 0 saturated carbocycles. The molecule has 0 aliphatic heterocycles. The molecule has 5 heteroatoms. The summed E-state index contributed by atoms with van der Waals surface area (Å²) in [4.78, 5) is 23.4. The molecule has 1 aromatic rings. The molecule has 0 aliphatic carbocycles. The molecule has 1 aromatic carbocycles. The Kier molecular flexibility index (Phi) is 4.53. The number of methoxy groups -OCH3 is 1. The normalized spacial score (nSPS) is 10.9. The van der Waals surface area contributed by atoms with Gasteiger partial charge in [0.25, 0.3) is 0 Å². The van der Waals surface area contributed by atoms with Gasteiger partial charge in [-0.05, 0) is 38.5 Å². The lowest BCUT2D eigenvalue weighted by Gasteiger charge is -2.21. The van der Waals surface area contributed by atoms with E-state index in [1.165, 1.54) is 7.11 Å². The van der Waals surface area contributed by atoms with Gasteiger partial charge in [-0.2, -0.15) is 0 Å². The lowest BCUT2D eigenvalue weighted by molar-refractivity contribution is -0.152. The summed E-state index contributed by atoms with van der Waals surface area (Å²) in [6, 6.07) is 5.02. The van der Waals surface area contributed by atoms with Crippen LogP contribution in [0, 0.1) is 12.3 Å². The second-order valence-corrected chi connectivity index (χ2v) is 5.03. The Morgan fingerprint density at radius 2 is 1.95 bits per heavy atom. The van der Waals surface area contributed by atoms with Gasteiger partial charge in [-0.1, -0.05) is 6.07 Å². The zero-order chi connectivity index (χ0) is 14.6. The van der Waals surface area contributed by atoms with Crippen molar-refractivity contribution in [3.8, 4) is 0 Å². The first-order valence-electron chi connectivity index (χ1n) is 5.89. The molecule has 0 amide bonds. The minimum atomic E-state index is -0.876. The Labute approximate surface area is 112 Å². The predicted molar refractivity (Wildman–Crippen MR) is 71.7 cm³/mol. The molecule has 0 radical (unpaired) electrons. The number of ether oxygens (including phenoxy) is 2. The van der Waals surface area contributed by atoms with E-state index in [9.17, 15) is 9.59 Å².